The third-order valence-electron chi connectivity index (χ3n) is 4.93. The van der Waals surface area contributed by atoms with Gasteiger partial charge in [0.2, 0.25) is 6.41 Å². The molecule has 0 bridgehead atoms. The lowest BCUT2D eigenvalue weighted by Crippen LogP contribution is -2.39. The Morgan fingerprint density at radius 3 is 2.86 bits per heavy atom. The molecule has 1 fully saturated rings. The highest BCUT2D eigenvalue weighted by Gasteiger charge is 2.30. The van der Waals surface area contributed by atoms with Crippen molar-refractivity contribution < 1.29 is 23.0 Å². The zero-order valence-corrected chi connectivity index (χ0v) is 17.2. The molecule has 2 aliphatic rings. The van der Waals surface area contributed by atoms with E-state index in [1.165, 1.54) is 0 Å². The summed E-state index contributed by atoms with van der Waals surface area (Å²) in [6, 6.07) is 7.53. The standard InChI is InChI=1S/C19H26N4O5S/c1-11(2)20-19(24)28-15-6-17(27-8-15)16-7-18(23-22-16)21-14-4-3-12-9-29(25,26)10-13(12)5-14/h3-5,7,11,15,17,19-20,24H,6,8-10H2,1-2H3,(H2,21,22,23)/t15-,17?,19?/m0/s1. The quantitative estimate of drug-likeness (QED) is 0.497. The number of aliphatic hydroxyl groups excluding tert-OH is 1. The van der Waals surface area contributed by atoms with E-state index in [-0.39, 0.29) is 29.8 Å². The fourth-order valence-electron chi connectivity index (χ4n) is 3.63. The van der Waals surface area contributed by atoms with E-state index in [9.17, 15) is 13.5 Å². The van der Waals surface area contributed by atoms with E-state index < -0.39 is 16.3 Å². The van der Waals surface area contributed by atoms with Crippen LogP contribution in [0.4, 0.5) is 11.5 Å². The number of ether oxygens (including phenoxy) is 2. The summed E-state index contributed by atoms with van der Waals surface area (Å²) in [5.41, 5.74) is 3.29. The topological polar surface area (TPSA) is 126 Å². The average Bonchev–Trinajstić information content (AvgIpc) is 3.31. The number of hydrogen-bond acceptors (Lipinski definition) is 8. The zero-order chi connectivity index (χ0) is 20.6. The normalized spacial score (nSPS) is 24.0. The molecule has 2 aliphatic heterocycles. The highest BCUT2D eigenvalue weighted by molar-refractivity contribution is 7.90. The third-order valence-corrected chi connectivity index (χ3v) is 6.43. The van der Waals surface area contributed by atoms with Gasteiger partial charge in [0.05, 0.1) is 29.9 Å². The van der Waals surface area contributed by atoms with Crippen LogP contribution in [0.15, 0.2) is 24.3 Å². The van der Waals surface area contributed by atoms with Crippen LogP contribution in [0.1, 0.15) is 43.2 Å². The molecule has 10 heteroatoms. The fraction of sp³-hybridized carbons (Fsp3) is 0.526. The van der Waals surface area contributed by atoms with E-state index in [1.807, 2.05) is 38.1 Å². The van der Waals surface area contributed by atoms with Gasteiger partial charge in [-0.3, -0.25) is 10.4 Å². The fourth-order valence-corrected chi connectivity index (χ4v) is 5.23. The lowest BCUT2D eigenvalue weighted by Gasteiger charge is -2.19. The van der Waals surface area contributed by atoms with Gasteiger partial charge in [-0.15, -0.1) is 0 Å². The Hall–Kier alpha value is -1.98. The number of H-pyrrole nitrogens is 1. The molecule has 0 saturated carbocycles. The predicted octanol–water partition coefficient (Wildman–Crippen LogP) is 1.70. The molecule has 158 valence electrons. The van der Waals surface area contributed by atoms with Crippen molar-refractivity contribution in [3.63, 3.8) is 0 Å². The number of aromatic amines is 1. The van der Waals surface area contributed by atoms with Crippen molar-refractivity contribution in [1.82, 2.24) is 15.5 Å². The summed E-state index contributed by atoms with van der Waals surface area (Å²) in [7, 11) is -3.02. The van der Waals surface area contributed by atoms with E-state index >= 15 is 0 Å². The molecule has 1 aromatic carbocycles. The van der Waals surface area contributed by atoms with Gasteiger partial charge in [0, 0.05) is 24.2 Å². The highest BCUT2D eigenvalue weighted by Crippen LogP contribution is 2.32. The zero-order valence-electron chi connectivity index (χ0n) is 16.4. The Balaban J connectivity index is 1.35. The molecule has 1 aromatic heterocycles. The van der Waals surface area contributed by atoms with Gasteiger partial charge in [0.15, 0.2) is 15.7 Å². The molecule has 29 heavy (non-hydrogen) atoms. The number of fused-ring (bicyclic) bond motifs is 1. The number of benzene rings is 1. The minimum absolute atomic E-state index is 0.0818. The van der Waals surface area contributed by atoms with E-state index in [0.717, 1.165) is 22.5 Å². The Morgan fingerprint density at radius 1 is 1.28 bits per heavy atom. The van der Waals surface area contributed by atoms with Crippen LogP contribution < -0.4 is 10.6 Å². The number of hydrogen-bond donors (Lipinski definition) is 4. The van der Waals surface area contributed by atoms with Crippen molar-refractivity contribution in [3.05, 3.63) is 41.1 Å². The van der Waals surface area contributed by atoms with Crippen molar-refractivity contribution in [2.75, 3.05) is 11.9 Å². The highest BCUT2D eigenvalue weighted by atomic mass is 32.2. The Bertz CT molecular complexity index is 975. The molecule has 0 amide bonds. The van der Waals surface area contributed by atoms with Crippen LogP contribution in [0, 0.1) is 0 Å². The van der Waals surface area contributed by atoms with Crippen molar-refractivity contribution >= 4 is 21.3 Å². The van der Waals surface area contributed by atoms with Gasteiger partial charge in [0.1, 0.15) is 6.10 Å². The van der Waals surface area contributed by atoms with E-state index in [2.05, 4.69) is 20.8 Å². The second-order valence-corrected chi connectivity index (χ2v) is 9.90. The average molecular weight is 423 g/mol. The summed E-state index contributed by atoms with van der Waals surface area (Å²) in [5, 5.41) is 23.2. The van der Waals surface area contributed by atoms with Gasteiger partial charge in [-0.25, -0.2) is 8.42 Å². The maximum absolute atomic E-state index is 11.8. The molecule has 4 rings (SSSR count). The SMILES string of the molecule is CC(C)NC(O)O[C@@H]1COC(c2cc(Nc3ccc4c(c3)CS(=O)(=O)C4)n[nH]2)C1. The first kappa shape index (κ1) is 20.3. The van der Waals surface area contributed by atoms with Crippen LogP contribution in [0.5, 0.6) is 0 Å². The number of rotatable bonds is 7. The summed E-state index contributed by atoms with van der Waals surface area (Å²) < 4.78 is 34.9. The molecule has 3 atom stereocenters. The lowest BCUT2D eigenvalue weighted by molar-refractivity contribution is -0.156. The molecular formula is C19H26N4O5S. The predicted molar refractivity (Wildman–Crippen MR) is 107 cm³/mol. The van der Waals surface area contributed by atoms with Crippen molar-refractivity contribution in [2.24, 2.45) is 0 Å². The van der Waals surface area contributed by atoms with Crippen LogP contribution in [-0.2, 0) is 30.8 Å². The first-order valence-electron chi connectivity index (χ1n) is 9.63. The number of sulfone groups is 1. The van der Waals surface area contributed by atoms with E-state index in [1.54, 1.807) is 0 Å². The molecule has 0 aliphatic carbocycles. The number of aromatic nitrogens is 2. The second-order valence-electron chi connectivity index (χ2n) is 7.84. The molecule has 0 radical (unpaired) electrons. The summed E-state index contributed by atoms with van der Waals surface area (Å²) in [5.74, 6) is 0.812. The summed E-state index contributed by atoms with van der Waals surface area (Å²) in [6.45, 7) is 4.25. The number of nitrogens with zero attached hydrogens (tertiary/aromatic N) is 1. The monoisotopic (exact) mass is 422 g/mol. The van der Waals surface area contributed by atoms with E-state index in [4.69, 9.17) is 9.47 Å². The molecule has 2 unspecified atom stereocenters. The molecule has 9 nitrogen and oxygen atoms in total. The van der Waals surface area contributed by atoms with Crippen molar-refractivity contribution in [3.8, 4) is 0 Å². The van der Waals surface area contributed by atoms with Crippen LogP contribution in [-0.4, -0.2) is 48.9 Å². The minimum atomic E-state index is -3.02. The Labute approximate surface area is 169 Å². The number of aliphatic hydroxyl groups is 1. The summed E-state index contributed by atoms with van der Waals surface area (Å²) >= 11 is 0. The van der Waals surface area contributed by atoms with Gasteiger partial charge >= 0.3 is 0 Å². The van der Waals surface area contributed by atoms with Crippen LogP contribution >= 0.6 is 0 Å². The number of anilines is 2. The molecule has 4 N–H and O–H groups in total. The lowest BCUT2D eigenvalue weighted by atomic mass is 10.1. The van der Waals surface area contributed by atoms with Crippen molar-refractivity contribution in [1.29, 1.82) is 0 Å². The smallest absolute Gasteiger partial charge is 0.214 e. The molecule has 3 heterocycles. The van der Waals surface area contributed by atoms with Crippen molar-refractivity contribution in [2.45, 2.75) is 56.4 Å². The van der Waals surface area contributed by atoms with Gasteiger partial charge in [-0.05, 0) is 37.1 Å². The first-order valence-corrected chi connectivity index (χ1v) is 11.5. The Kier molecular flexibility index (Phi) is 5.63. The first-order chi connectivity index (χ1) is 13.8. The maximum Gasteiger partial charge on any atom is 0.214 e. The molecule has 2 aromatic rings. The van der Waals surface area contributed by atoms with Gasteiger partial charge < -0.3 is 19.9 Å². The molecule has 1 saturated heterocycles. The van der Waals surface area contributed by atoms with Gasteiger partial charge in [-0.1, -0.05) is 6.07 Å². The summed E-state index contributed by atoms with van der Waals surface area (Å²) in [6.07, 6.45) is -0.820. The number of nitrogens with one attached hydrogen (secondary N) is 3. The van der Waals surface area contributed by atoms with Gasteiger partial charge in [0.25, 0.3) is 0 Å². The molecule has 0 spiro atoms. The van der Waals surface area contributed by atoms with E-state index in [0.29, 0.717) is 18.8 Å². The van der Waals surface area contributed by atoms with Gasteiger partial charge in [-0.2, -0.15) is 5.10 Å². The largest absolute Gasteiger partial charge is 0.369 e. The summed E-state index contributed by atoms with van der Waals surface area (Å²) in [4.78, 5) is 0. The minimum Gasteiger partial charge on any atom is -0.369 e. The second kappa shape index (κ2) is 8.04. The van der Waals surface area contributed by atoms with Crippen LogP contribution in [0.25, 0.3) is 0 Å². The molecular weight excluding hydrogens is 396 g/mol. The Morgan fingerprint density at radius 2 is 2.07 bits per heavy atom. The van der Waals surface area contributed by atoms with Crippen LogP contribution in [0.3, 0.4) is 0 Å². The van der Waals surface area contributed by atoms with Crippen LogP contribution in [0.2, 0.25) is 0 Å². The third kappa shape index (κ3) is 4.96. The maximum atomic E-state index is 11.8.